The first-order chi connectivity index (χ1) is 25.5. The summed E-state index contributed by atoms with van der Waals surface area (Å²) in [5.74, 6) is -6.57. The van der Waals surface area contributed by atoms with Gasteiger partial charge in [0.1, 0.15) is 36.1 Å². The fourth-order valence-electron chi connectivity index (χ4n) is 6.40. The summed E-state index contributed by atoms with van der Waals surface area (Å²) in [5, 5.41) is 22.6. The van der Waals surface area contributed by atoms with Gasteiger partial charge in [-0.25, -0.2) is 21.5 Å². The van der Waals surface area contributed by atoms with Crippen LogP contribution in [-0.2, 0) is 40.5 Å². The zero-order valence-corrected chi connectivity index (χ0v) is 31.9. The zero-order chi connectivity index (χ0) is 39.7. The molecule has 54 heavy (non-hydrogen) atoms. The molecule has 0 spiro atoms. The summed E-state index contributed by atoms with van der Waals surface area (Å²) in [7, 11) is -1.06. The van der Waals surface area contributed by atoms with Crippen molar-refractivity contribution in [1.82, 2.24) is 25.6 Å². The maximum absolute atomic E-state index is 14.0. The Balaban J connectivity index is 1.51. The third kappa shape index (κ3) is 12.2. The lowest BCUT2D eigenvalue weighted by atomic mass is 9.93. The number of aliphatic hydroxyl groups is 1. The van der Waals surface area contributed by atoms with Crippen LogP contribution in [0.4, 0.5) is 8.78 Å². The molecule has 14 nitrogen and oxygen atoms in total. The lowest BCUT2D eigenvalue weighted by Crippen LogP contribution is -2.54. The van der Waals surface area contributed by atoms with Crippen molar-refractivity contribution < 1.29 is 51.0 Å². The molecule has 2 aliphatic rings. The smallest absolute Gasteiger partial charge is 0.249 e. The molecule has 17 heteroatoms. The van der Waals surface area contributed by atoms with E-state index in [4.69, 9.17) is 9.47 Å². The summed E-state index contributed by atoms with van der Waals surface area (Å²) >= 11 is 0. The van der Waals surface area contributed by atoms with Crippen molar-refractivity contribution in [3.05, 3.63) is 65.7 Å². The van der Waals surface area contributed by atoms with Crippen molar-refractivity contribution in [3.63, 3.8) is 0 Å². The van der Waals surface area contributed by atoms with E-state index in [1.165, 1.54) is 14.2 Å². The predicted octanol–water partition coefficient (Wildman–Crippen LogP) is 1.62. The maximum Gasteiger partial charge on any atom is 0.249 e. The van der Waals surface area contributed by atoms with Gasteiger partial charge >= 0.3 is 0 Å². The largest absolute Gasteiger partial charge is 0.491 e. The minimum Gasteiger partial charge on any atom is -0.491 e. The normalized spacial score (nSPS) is 20.8. The molecule has 2 aliphatic carbocycles. The van der Waals surface area contributed by atoms with E-state index in [9.17, 15) is 41.5 Å². The summed E-state index contributed by atoms with van der Waals surface area (Å²) in [6, 6.07) is 8.71. The van der Waals surface area contributed by atoms with Gasteiger partial charge in [0, 0.05) is 57.4 Å². The number of sulfonamides is 1. The number of carbonyl (C=O) groups is 4. The monoisotopic (exact) mass is 779 g/mol. The van der Waals surface area contributed by atoms with E-state index in [-0.39, 0.29) is 37.1 Å². The summed E-state index contributed by atoms with van der Waals surface area (Å²) in [4.78, 5) is 53.8. The second-order valence-electron chi connectivity index (χ2n) is 14.4. The number of nitrogens with one attached hydrogen (secondary N) is 4. The van der Waals surface area contributed by atoms with E-state index in [0.717, 1.165) is 41.1 Å². The van der Waals surface area contributed by atoms with Crippen molar-refractivity contribution in [2.45, 2.75) is 88.9 Å². The molecule has 0 bridgehead atoms. The van der Waals surface area contributed by atoms with Crippen LogP contribution in [-0.4, -0.2) is 105 Å². The number of rotatable bonds is 19. The first-order valence-corrected chi connectivity index (χ1v) is 19.8. The molecule has 2 fully saturated rings. The minimum atomic E-state index is -3.67. The van der Waals surface area contributed by atoms with E-state index >= 15 is 0 Å². The summed E-state index contributed by atoms with van der Waals surface area (Å²) in [5.41, 5.74) is 0.860. The summed E-state index contributed by atoms with van der Waals surface area (Å²) < 4.78 is 64.8. The number of hydrogen-bond donors (Lipinski definition) is 5. The second-order valence-corrected chi connectivity index (χ2v) is 16.4. The lowest BCUT2D eigenvalue weighted by molar-refractivity contribution is -0.138. The molecule has 0 saturated heterocycles. The van der Waals surface area contributed by atoms with Crippen molar-refractivity contribution in [1.29, 1.82) is 0 Å². The van der Waals surface area contributed by atoms with Gasteiger partial charge in [-0.15, -0.1) is 0 Å². The molecular formula is C37H51F2N5O9S. The average Bonchev–Trinajstić information content (AvgIpc) is 3.81. The molecule has 0 aromatic heterocycles. The topological polar surface area (TPSA) is 192 Å². The lowest BCUT2D eigenvalue weighted by Gasteiger charge is -2.29. The second kappa shape index (κ2) is 18.9. The third-order valence-electron chi connectivity index (χ3n) is 9.82. The van der Waals surface area contributed by atoms with Crippen LogP contribution in [0.5, 0.6) is 5.75 Å². The number of hydrogen-bond acceptors (Lipinski definition) is 9. The maximum atomic E-state index is 14.0. The van der Waals surface area contributed by atoms with E-state index in [2.05, 4.69) is 21.3 Å². The fourth-order valence-corrected chi connectivity index (χ4v) is 7.11. The van der Waals surface area contributed by atoms with Crippen LogP contribution in [0, 0.1) is 29.4 Å². The van der Waals surface area contributed by atoms with Gasteiger partial charge in [0.25, 0.3) is 0 Å². The molecule has 4 rings (SSSR count). The van der Waals surface area contributed by atoms with E-state index in [1.807, 2.05) is 30.3 Å². The zero-order valence-electron chi connectivity index (χ0n) is 31.1. The molecule has 5 N–H and O–H groups in total. The molecule has 0 aliphatic heterocycles. The van der Waals surface area contributed by atoms with Crippen molar-refractivity contribution in [2.75, 3.05) is 27.0 Å². The van der Waals surface area contributed by atoms with Crippen LogP contribution in [0.25, 0.3) is 0 Å². The molecule has 7 atom stereocenters. The number of aliphatic hydroxyl groups excluding tert-OH is 1. The highest BCUT2D eigenvalue weighted by molar-refractivity contribution is 7.88. The molecule has 0 radical (unpaired) electrons. The third-order valence-corrected chi connectivity index (χ3v) is 11.2. The number of nitrogens with zero attached hydrogens (tertiary/aromatic N) is 1. The van der Waals surface area contributed by atoms with Crippen LogP contribution in [0.3, 0.4) is 0 Å². The Hall–Kier alpha value is -4.19. The Bertz CT molecular complexity index is 1710. The van der Waals surface area contributed by atoms with Gasteiger partial charge in [-0.05, 0) is 37.2 Å². The molecule has 0 heterocycles. The van der Waals surface area contributed by atoms with E-state index < -0.39 is 100 Å². The van der Waals surface area contributed by atoms with Gasteiger partial charge in [-0.3, -0.25) is 19.2 Å². The van der Waals surface area contributed by atoms with E-state index in [0.29, 0.717) is 6.07 Å². The van der Waals surface area contributed by atoms with Crippen LogP contribution in [0.2, 0.25) is 0 Å². The minimum absolute atomic E-state index is 0.00294. The van der Waals surface area contributed by atoms with Gasteiger partial charge in [-0.2, -0.15) is 0 Å². The highest BCUT2D eigenvalue weighted by Gasteiger charge is 2.47. The molecule has 2 aromatic rings. The molecule has 2 saturated carbocycles. The first-order valence-electron chi connectivity index (χ1n) is 17.9. The number of ether oxygens (including phenoxy) is 2. The fraction of sp³-hybridized carbons (Fsp3) is 0.568. The van der Waals surface area contributed by atoms with Crippen LogP contribution >= 0.6 is 0 Å². The van der Waals surface area contributed by atoms with E-state index in [1.54, 1.807) is 13.8 Å². The molecular weight excluding hydrogens is 728 g/mol. The number of amides is 4. The highest BCUT2D eigenvalue weighted by Crippen LogP contribution is 2.37. The molecule has 0 unspecified atom stereocenters. The van der Waals surface area contributed by atoms with Crippen molar-refractivity contribution in [3.8, 4) is 5.75 Å². The molecule has 2 aromatic carbocycles. The number of halogens is 2. The predicted molar refractivity (Wildman–Crippen MR) is 194 cm³/mol. The van der Waals surface area contributed by atoms with Gasteiger partial charge < -0.3 is 35.8 Å². The Morgan fingerprint density at radius 2 is 1.56 bits per heavy atom. The van der Waals surface area contributed by atoms with Crippen LogP contribution in [0.15, 0.2) is 48.5 Å². The van der Waals surface area contributed by atoms with Crippen LogP contribution < -0.4 is 26.0 Å². The standard InChI is InChI=1S/C37H51F2N5O9S/c1-21(2)33(37(49)40-19-22-9-7-6-8-10-22)43-36(48)32(52-4)18-31(45)30(20-53-27-14-23(38)13-24(39)15-27)42-35(47)29-17-26(44(3)54(5,50)51)16-28(29)34(46)41-25-11-12-25/h6-10,13-15,21,25-26,28-33,45H,11-12,16-20H2,1-5H3,(H,40,49)(H,41,46)(H,42,47)(H,43,48)/t26-,28+,29+,30-,31-,32+,33-/m0/s1. The molecule has 4 amide bonds. The van der Waals surface area contributed by atoms with Gasteiger partial charge in [0.15, 0.2) is 0 Å². The SMILES string of the molecule is CO[C@H](C[C@H](O)[C@H](COc1cc(F)cc(F)c1)NC(=O)[C@@H]1C[C@@H](N(C)S(C)(=O)=O)C[C@H]1C(=O)NC1CC1)C(=O)N[C@H](C(=O)NCc1ccccc1)C(C)C. The first kappa shape index (κ1) is 42.6. The van der Waals surface area contributed by atoms with Gasteiger partial charge in [0.05, 0.1) is 30.2 Å². The quantitative estimate of drug-likeness (QED) is 0.141. The van der Waals surface area contributed by atoms with Crippen molar-refractivity contribution in [2.24, 2.45) is 17.8 Å². The highest BCUT2D eigenvalue weighted by atomic mass is 32.2. The Morgan fingerprint density at radius 3 is 2.11 bits per heavy atom. The van der Waals surface area contributed by atoms with Crippen molar-refractivity contribution >= 4 is 33.7 Å². The summed E-state index contributed by atoms with van der Waals surface area (Å²) in [6.07, 6.45) is -0.621. The Labute approximate surface area is 314 Å². The van der Waals surface area contributed by atoms with Gasteiger partial charge in [-0.1, -0.05) is 44.2 Å². The Kier molecular flexibility index (Phi) is 14.9. The molecule has 298 valence electrons. The Morgan fingerprint density at radius 1 is 0.944 bits per heavy atom. The average molecular weight is 780 g/mol. The number of benzene rings is 2. The summed E-state index contributed by atoms with van der Waals surface area (Å²) in [6.45, 7) is 3.21. The number of carbonyl (C=O) groups excluding carboxylic acids is 4. The van der Waals surface area contributed by atoms with Crippen LogP contribution in [0.1, 0.15) is 51.5 Å². The number of methoxy groups -OCH3 is 1. The van der Waals surface area contributed by atoms with Gasteiger partial charge in [0.2, 0.25) is 33.7 Å².